The van der Waals surface area contributed by atoms with Gasteiger partial charge in [-0.2, -0.15) is 0 Å². The lowest BCUT2D eigenvalue weighted by molar-refractivity contribution is 0.0641. The van der Waals surface area contributed by atoms with E-state index in [0.717, 1.165) is 4.31 Å². The average molecular weight is 216 g/mol. The van der Waals surface area contributed by atoms with E-state index < -0.39 is 20.8 Å². The predicted molar refractivity (Wildman–Crippen MR) is 48.6 cm³/mol. The van der Waals surface area contributed by atoms with E-state index in [9.17, 15) is 13.5 Å². The van der Waals surface area contributed by atoms with Crippen molar-refractivity contribution in [3.05, 3.63) is 0 Å². The molecular formula is C6H14ClNO3S. The van der Waals surface area contributed by atoms with Gasteiger partial charge in [-0.25, -0.2) is 12.7 Å². The lowest BCUT2D eigenvalue weighted by atomic mass is 10.1. The van der Waals surface area contributed by atoms with Crippen LogP contribution in [0.15, 0.2) is 0 Å². The first kappa shape index (κ1) is 12.2. The Balaban J connectivity index is 4.34. The first-order valence-corrected chi connectivity index (χ1v) is 5.56. The van der Waals surface area contributed by atoms with Crippen LogP contribution in [0.3, 0.4) is 0 Å². The molecular weight excluding hydrogens is 202 g/mol. The average Bonchev–Trinajstić information content (AvgIpc) is 1.84. The van der Waals surface area contributed by atoms with Crippen molar-refractivity contribution in [1.29, 1.82) is 0 Å². The van der Waals surface area contributed by atoms with Crippen molar-refractivity contribution < 1.29 is 13.5 Å². The van der Waals surface area contributed by atoms with E-state index in [4.69, 9.17) is 11.6 Å². The Hall–Kier alpha value is 0.160. The minimum Gasteiger partial charge on any atom is -0.389 e. The van der Waals surface area contributed by atoms with Crippen LogP contribution in [-0.4, -0.2) is 42.2 Å². The van der Waals surface area contributed by atoms with Gasteiger partial charge in [0.1, 0.15) is 5.21 Å². The molecule has 0 heterocycles. The Kier molecular flexibility index (Phi) is 3.96. The van der Waals surface area contributed by atoms with Crippen LogP contribution in [0, 0.1) is 0 Å². The van der Waals surface area contributed by atoms with Crippen LogP contribution in [0.5, 0.6) is 0 Å². The Labute approximate surface area is 78.2 Å². The third kappa shape index (κ3) is 4.25. The van der Waals surface area contributed by atoms with Gasteiger partial charge in [0.05, 0.1) is 5.60 Å². The second-order valence-corrected chi connectivity index (χ2v) is 5.95. The van der Waals surface area contributed by atoms with Gasteiger partial charge in [0.15, 0.2) is 0 Å². The maximum absolute atomic E-state index is 11.1. The lowest BCUT2D eigenvalue weighted by Crippen LogP contribution is -2.40. The number of nitrogens with zero attached hydrogens (tertiary/aromatic N) is 1. The van der Waals surface area contributed by atoms with Gasteiger partial charge in [0.2, 0.25) is 10.0 Å². The molecule has 0 aliphatic heterocycles. The topological polar surface area (TPSA) is 57.6 Å². The van der Waals surface area contributed by atoms with Gasteiger partial charge < -0.3 is 5.11 Å². The number of hydrogen-bond donors (Lipinski definition) is 1. The molecule has 0 bridgehead atoms. The molecule has 0 aliphatic rings. The summed E-state index contributed by atoms with van der Waals surface area (Å²) in [5, 5.41) is 8.84. The molecule has 1 N–H and O–H groups in total. The SMILES string of the molecule is CN(CC(C)(C)O)S(=O)(=O)CCl. The summed E-state index contributed by atoms with van der Waals surface area (Å²) in [6, 6.07) is 0. The molecule has 0 fully saturated rings. The molecule has 0 saturated carbocycles. The van der Waals surface area contributed by atoms with Crippen molar-refractivity contribution in [2.45, 2.75) is 19.4 Å². The third-order valence-electron chi connectivity index (χ3n) is 1.22. The van der Waals surface area contributed by atoms with Gasteiger partial charge in [-0.3, -0.25) is 0 Å². The summed E-state index contributed by atoms with van der Waals surface area (Å²) in [5.41, 5.74) is -1.03. The molecule has 0 unspecified atom stereocenters. The predicted octanol–water partition coefficient (Wildman–Crippen LogP) is 0.215. The summed E-state index contributed by atoms with van der Waals surface area (Å²) in [4.78, 5) is 0. The molecule has 0 aliphatic carbocycles. The molecule has 0 spiro atoms. The van der Waals surface area contributed by atoms with Gasteiger partial charge in [-0.1, -0.05) is 0 Å². The summed E-state index contributed by atoms with van der Waals surface area (Å²) in [5.74, 6) is 0. The Morgan fingerprint density at radius 3 is 2.17 bits per heavy atom. The fourth-order valence-electron chi connectivity index (χ4n) is 0.727. The van der Waals surface area contributed by atoms with Gasteiger partial charge in [-0.15, -0.1) is 11.6 Å². The van der Waals surface area contributed by atoms with Gasteiger partial charge in [0, 0.05) is 13.6 Å². The van der Waals surface area contributed by atoms with Gasteiger partial charge in [-0.05, 0) is 13.8 Å². The van der Waals surface area contributed by atoms with E-state index in [2.05, 4.69) is 0 Å². The normalized spacial score (nSPS) is 13.8. The standard InChI is InChI=1S/C6H14ClNO3S/c1-6(2,9)4-8(3)12(10,11)5-7/h9H,4-5H2,1-3H3. The molecule has 0 rings (SSSR count). The number of hydrogen-bond acceptors (Lipinski definition) is 3. The maximum Gasteiger partial charge on any atom is 0.227 e. The molecule has 12 heavy (non-hydrogen) atoms. The fourth-order valence-corrected chi connectivity index (χ4v) is 1.91. The zero-order valence-corrected chi connectivity index (χ0v) is 8.98. The summed E-state index contributed by atoms with van der Waals surface area (Å²) in [6.07, 6.45) is 0. The minimum absolute atomic E-state index is 0.0437. The zero-order valence-electron chi connectivity index (χ0n) is 7.41. The van der Waals surface area contributed by atoms with Crippen molar-refractivity contribution in [1.82, 2.24) is 4.31 Å². The van der Waals surface area contributed by atoms with E-state index in [0.29, 0.717) is 0 Å². The number of sulfonamides is 1. The van der Waals surface area contributed by atoms with Crippen molar-refractivity contribution in [3.8, 4) is 0 Å². The molecule has 0 saturated heterocycles. The summed E-state index contributed by atoms with van der Waals surface area (Å²) < 4.78 is 23.2. The quantitative estimate of drug-likeness (QED) is 0.683. The molecule has 0 atom stereocenters. The van der Waals surface area contributed by atoms with Crippen molar-refractivity contribution >= 4 is 21.6 Å². The van der Waals surface area contributed by atoms with E-state index in [1.165, 1.54) is 20.9 Å². The van der Waals surface area contributed by atoms with Crippen LogP contribution in [0.2, 0.25) is 0 Å². The number of aliphatic hydroxyl groups is 1. The monoisotopic (exact) mass is 215 g/mol. The zero-order chi connectivity index (χ0) is 9.99. The highest BCUT2D eigenvalue weighted by atomic mass is 35.5. The molecule has 6 heteroatoms. The van der Waals surface area contributed by atoms with Crippen LogP contribution in [0.1, 0.15) is 13.8 Å². The minimum atomic E-state index is -3.39. The van der Waals surface area contributed by atoms with Gasteiger partial charge >= 0.3 is 0 Å². The molecule has 0 aromatic carbocycles. The Bertz CT molecular complexity index is 232. The second kappa shape index (κ2) is 3.91. The van der Waals surface area contributed by atoms with Crippen LogP contribution < -0.4 is 0 Å². The van der Waals surface area contributed by atoms with Crippen LogP contribution in [-0.2, 0) is 10.0 Å². The number of alkyl halides is 1. The van der Waals surface area contributed by atoms with E-state index in [1.807, 2.05) is 0 Å². The third-order valence-corrected chi connectivity index (χ3v) is 3.40. The molecule has 0 radical (unpaired) electrons. The molecule has 74 valence electrons. The highest BCUT2D eigenvalue weighted by molar-refractivity contribution is 7.90. The van der Waals surface area contributed by atoms with E-state index >= 15 is 0 Å². The Morgan fingerprint density at radius 1 is 1.50 bits per heavy atom. The fraction of sp³-hybridized carbons (Fsp3) is 1.00. The van der Waals surface area contributed by atoms with Gasteiger partial charge in [0.25, 0.3) is 0 Å². The summed E-state index contributed by atoms with van der Waals surface area (Å²) in [6.45, 7) is 3.11. The largest absolute Gasteiger partial charge is 0.389 e. The lowest BCUT2D eigenvalue weighted by Gasteiger charge is -2.24. The first-order valence-electron chi connectivity index (χ1n) is 3.41. The highest BCUT2D eigenvalue weighted by Crippen LogP contribution is 2.08. The van der Waals surface area contributed by atoms with Crippen molar-refractivity contribution in [2.75, 3.05) is 18.8 Å². The van der Waals surface area contributed by atoms with Crippen molar-refractivity contribution in [3.63, 3.8) is 0 Å². The van der Waals surface area contributed by atoms with Crippen LogP contribution in [0.25, 0.3) is 0 Å². The van der Waals surface area contributed by atoms with Crippen LogP contribution >= 0.6 is 11.6 Å². The van der Waals surface area contributed by atoms with Crippen molar-refractivity contribution in [2.24, 2.45) is 0 Å². The van der Waals surface area contributed by atoms with E-state index in [-0.39, 0.29) is 6.54 Å². The Morgan fingerprint density at radius 2 is 1.92 bits per heavy atom. The number of halogens is 1. The molecule has 0 aromatic heterocycles. The second-order valence-electron chi connectivity index (χ2n) is 3.29. The smallest absolute Gasteiger partial charge is 0.227 e. The summed E-state index contributed by atoms with van der Waals surface area (Å²) in [7, 11) is -2.01. The summed E-state index contributed by atoms with van der Waals surface area (Å²) >= 11 is 5.21. The first-order chi connectivity index (χ1) is 5.19. The number of likely N-dealkylation sites (N-methyl/N-ethyl adjacent to an activating group) is 1. The van der Waals surface area contributed by atoms with Crippen LogP contribution in [0.4, 0.5) is 0 Å². The highest BCUT2D eigenvalue weighted by Gasteiger charge is 2.23. The molecule has 0 aromatic rings. The molecule has 4 nitrogen and oxygen atoms in total. The molecule has 0 amide bonds. The maximum atomic E-state index is 11.1. The van der Waals surface area contributed by atoms with E-state index in [1.54, 1.807) is 0 Å². The number of rotatable bonds is 4.